The van der Waals surface area contributed by atoms with Gasteiger partial charge < -0.3 is 20.7 Å². The summed E-state index contributed by atoms with van der Waals surface area (Å²) in [4.78, 5) is 8.69. The molecule has 6 nitrogen and oxygen atoms in total. The number of nitrogens with zero attached hydrogens (tertiary/aromatic N) is 2. The van der Waals surface area contributed by atoms with E-state index in [2.05, 4.69) is 45.8 Å². The Morgan fingerprint density at radius 2 is 1.90 bits per heavy atom. The molecular weight excluding hydrogens is 424 g/mol. The fourth-order valence-electron chi connectivity index (χ4n) is 3.01. The fraction of sp³-hybridized carbons (Fsp3) is 0.455. The Morgan fingerprint density at radius 3 is 2.52 bits per heavy atom. The molecule has 0 spiro atoms. The Hall–Kier alpha value is -2.13. The van der Waals surface area contributed by atoms with Crippen molar-refractivity contribution in [1.29, 1.82) is 0 Å². The van der Waals surface area contributed by atoms with Crippen molar-refractivity contribution >= 4 is 24.2 Å². The summed E-state index contributed by atoms with van der Waals surface area (Å²) in [6.07, 6.45) is -2.52. The topological polar surface area (TPSA) is 70.0 Å². The first kappa shape index (κ1) is 26.9. The lowest BCUT2D eigenvalue weighted by molar-refractivity contribution is 0.139. The molecule has 0 saturated carbocycles. The SMILES string of the molecule is C=C.C=NC(=NCc1cccc(C(F)F)c1C)/C1=C(\NCCl)CNCCOCCNC1. The molecular formula is C22H32ClF2N5O. The fourth-order valence-corrected chi connectivity index (χ4v) is 3.17. The number of amidine groups is 1. The van der Waals surface area contributed by atoms with Crippen LogP contribution in [0.1, 0.15) is 23.1 Å². The van der Waals surface area contributed by atoms with Crippen molar-refractivity contribution in [3.8, 4) is 0 Å². The number of nitrogens with one attached hydrogen (secondary N) is 3. The van der Waals surface area contributed by atoms with E-state index in [4.69, 9.17) is 16.3 Å². The minimum absolute atomic E-state index is 0.0235. The van der Waals surface area contributed by atoms with E-state index in [1.807, 2.05) is 0 Å². The minimum atomic E-state index is -2.52. The standard InChI is InChI=1S/C20H28ClF2N5O.C2H4/c1-14-15(4-3-5-16(14)19(22)23)10-27-20(24-2)17-11-25-6-8-29-9-7-26-12-18(17)28-13-21;1-2/h3-5,19,25-26,28H,2,6-13H2,1H3;1-2H2/b18-17-,27-20?;. The van der Waals surface area contributed by atoms with Gasteiger partial charge in [-0.2, -0.15) is 0 Å². The number of hydrogen-bond donors (Lipinski definition) is 3. The number of halogens is 3. The lowest BCUT2D eigenvalue weighted by Crippen LogP contribution is -2.32. The molecule has 0 unspecified atom stereocenters. The molecule has 1 aliphatic rings. The molecule has 0 radical (unpaired) electrons. The van der Waals surface area contributed by atoms with Crippen molar-refractivity contribution in [2.24, 2.45) is 9.98 Å². The van der Waals surface area contributed by atoms with Gasteiger partial charge in [0, 0.05) is 43.0 Å². The third-order valence-corrected chi connectivity index (χ3v) is 4.77. The van der Waals surface area contributed by atoms with Gasteiger partial charge in [-0.3, -0.25) is 4.99 Å². The molecule has 0 aromatic heterocycles. The van der Waals surface area contributed by atoms with Crippen LogP contribution in [0.3, 0.4) is 0 Å². The van der Waals surface area contributed by atoms with Crippen molar-refractivity contribution in [2.45, 2.75) is 19.9 Å². The number of ether oxygens (including phenoxy) is 1. The molecule has 0 fully saturated rings. The summed E-state index contributed by atoms with van der Waals surface area (Å²) in [6.45, 7) is 15.2. The average molecular weight is 456 g/mol. The molecule has 1 aliphatic heterocycles. The van der Waals surface area contributed by atoms with Gasteiger partial charge in [-0.25, -0.2) is 13.8 Å². The molecule has 0 amide bonds. The Balaban J connectivity index is 0.00000233. The van der Waals surface area contributed by atoms with Crippen molar-refractivity contribution in [2.75, 3.05) is 45.4 Å². The summed E-state index contributed by atoms with van der Waals surface area (Å²) in [5, 5.41) is 9.76. The molecule has 9 heteroatoms. The number of aliphatic imine (C=N–C) groups is 2. The van der Waals surface area contributed by atoms with Crippen molar-refractivity contribution in [3.05, 3.63) is 59.3 Å². The monoisotopic (exact) mass is 455 g/mol. The van der Waals surface area contributed by atoms with Gasteiger partial charge in [-0.05, 0) is 24.8 Å². The van der Waals surface area contributed by atoms with Gasteiger partial charge in [0.25, 0.3) is 6.43 Å². The molecule has 0 atom stereocenters. The molecule has 1 heterocycles. The zero-order chi connectivity index (χ0) is 23.1. The molecule has 2 rings (SSSR count). The zero-order valence-electron chi connectivity index (χ0n) is 18.0. The van der Waals surface area contributed by atoms with E-state index in [0.717, 1.165) is 16.8 Å². The zero-order valence-corrected chi connectivity index (χ0v) is 18.8. The Morgan fingerprint density at radius 1 is 1.23 bits per heavy atom. The van der Waals surface area contributed by atoms with Gasteiger partial charge in [0.05, 0.1) is 25.8 Å². The van der Waals surface area contributed by atoms with Crippen LogP contribution in [0.4, 0.5) is 8.78 Å². The van der Waals surface area contributed by atoms with Gasteiger partial charge in [0.2, 0.25) is 0 Å². The lowest BCUT2D eigenvalue weighted by Gasteiger charge is -2.17. The van der Waals surface area contributed by atoms with Crippen molar-refractivity contribution in [1.82, 2.24) is 16.0 Å². The summed E-state index contributed by atoms with van der Waals surface area (Å²) in [5.74, 6) is 0.453. The molecule has 0 bridgehead atoms. The van der Waals surface area contributed by atoms with Gasteiger partial charge in [0.15, 0.2) is 5.84 Å². The van der Waals surface area contributed by atoms with Crippen LogP contribution >= 0.6 is 11.6 Å². The Labute approximate surface area is 188 Å². The normalized spacial score (nSPS) is 18.5. The van der Waals surface area contributed by atoms with Crippen LogP contribution in [0, 0.1) is 6.92 Å². The van der Waals surface area contributed by atoms with Gasteiger partial charge in [-0.1, -0.05) is 18.2 Å². The second-order valence-electron chi connectivity index (χ2n) is 6.46. The molecule has 31 heavy (non-hydrogen) atoms. The van der Waals surface area contributed by atoms with E-state index >= 15 is 0 Å². The molecule has 0 aliphatic carbocycles. The summed E-state index contributed by atoms with van der Waals surface area (Å²) < 4.78 is 31.9. The van der Waals surface area contributed by atoms with E-state index < -0.39 is 6.43 Å². The van der Waals surface area contributed by atoms with Gasteiger partial charge in [-0.15, -0.1) is 24.8 Å². The number of benzene rings is 1. The first-order valence-electron chi connectivity index (χ1n) is 9.97. The Kier molecular flexibility index (Phi) is 13.6. The van der Waals surface area contributed by atoms with E-state index in [1.54, 1.807) is 19.1 Å². The van der Waals surface area contributed by atoms with E-state index in [1.165, 1.54) is 6.07 Å². The maximum Gasteiger partial charge on any atom is 0.264 e. The quantitative estimate of drug-likeness (QED) is 0.201. The second-order valence-corrected chi connectivity index (χ2v) is 6.73. The van der Waals surface area contributed by atoms with Crippen molar-refractivity contribution < 1.29 is 13.5 Å². The molecule has 172 valence electrons. The summed E-state index contributed by atoms with van der Waals surface area (Å²) in [5.41, 5.74) is 2.99. The van der Waals surface area contributed by atoms with E-state index in [-0.39, 0.29) is 18.1 Å². The Bertz CT molecular complexity index is 755. The van der Waals surface area contributed by atoms with Crippen LogP contribution in [-0.4, -0.2) is 57.9 Å². The van der Waals surface area contributed by atoms with E-state index in [9.17, 15) is 8.78 Å². The summed E-state index contributed by atoms with van der Waals surface area (Å²) in [7, 11) is 0. The van der Waals surface area contributed by atoms with Crippen LogP contribution in [0.15, 0.2) is 52.6 Å². The predicted molar refractivity (Wildman–Crippen MR) is 126 cm³/mol. The number of hydrogen-bond acceptors (Lipinski definition) is 5. The second kappa shape index (κ2) is 15.6. The maximum atomic E-state index is 13.2. The third-order valence-electron chi connectivity index (χ3n) is 4.64. The highest BCUT2D eigenvalue weighted by atomic mass is 35.5. The van der Waals surface area contributed by atoms with Gasteiger partial charge in [0.1, 0.15) is 0 Å². The van der Waals surface area contributed by atoms with Crippen LogP contribution < -0.4 is 16.0 Å². The summed E-state index contributed by atoms with van der Waals surface area (Å²) in [6, 6.07) is 5.09. The van der Waals surface area contributed by atoms with Crippen LogP contribution in [0.2, 0.25) is 0 Å². The van der Waals surface area contributed by atoms with Crippen LogP contribution in [0.5, 0.6) is 0 Å². The predicted octanol–water partition coefficient (Wildman–Crippen LogP) is 3.58. The highest BCUT2D eigenvalue weighted by Gasteiger charge is 2.15. The first-order valence-corrected chi connectivity index (χ1v) is 10.5. The molecule has 3 N–H and O–H groups in total. The number of rotatable bonds is 6. The molecule has 1 aromatic carbocycles. The van der Waals surface area contributed by atoms with Crippen molar-refractivity contribution in [3.63, 3.8) is 0 Å². The largest absolute Gasteiger partial charge is 0.379 e. The van der Waals surface area contributed by atoms with Crippen LogP contribution in [-0.2, 0) is 11.3 Å². The maximum absolute atomic E-state index is 13.2. The average Bonchev–Trinajstić information content (AvgIpc) is 2.82. The van der Waals surface area contributed by atoms with Crippen LogP contribution in [0.25, 0.3) is 0 Å². The molecule has 0 saturated heterocycles. The highest BCUT2D eigenvalue weighted by molar-refractivity contribution is 6.17. The highest BCUT2D eigenvalue weighted by Crippen LogP contribution is 2.25. The summed E-state index contributed by atoms with van der Waals surface area (Å²) >= 11 is 5.91. The minimum Gasteiger partial charge on any atom is -0.379 e. The lowest BCUT2D eigenvalue weighted by atomic mass is 10.0. The van der Waals surface area contributed by atoms with Gasteiger partial charge >= 0.3 is 0 Å². The first-order chi connectivity index (χ1) is 15.1. The smallest absolute Gasteiger partial charge is 0.264 e. The third kappa shape index (κ3) is 8.86. The van der Waals surface area contributed by atoms with E-state index in [0.29, 0.717) is 50.8 Å². The molecule has 1 aromatic rings. The number of alkyl halides is 3.